The van der Waals surface area contributed by atoms with E-state index in [2.05, 4.69) is 20.2 Å². The number of H-pyrrole nitrogens is 1. The molecular weight excluding hydrogens is 340 g/mol. The van der Waals surface area contributed by atoms with Crippen LogP contribution in [0.4, 0.5) is 0 Å². The molecule has 4 heterocycles. The van der Waals surface area contributed by atoms with Crippen LogP contribution in [0.3, 0.4) is 0 Å². The lowest BCUT2D eigenvalue weighted by molar-refractivity contribution is 0.101. The lowest BCUT2D eigenvalue weighted by Crippen LogP contribution is -2.42. The third kappa shape index (κ3) is 2.93. The van der Waals surface area contributed by atoms with Crippen molar-refractivity contribution in [2.45, 2.75) is 6.54 Å². The second-order valence-electron chi connectivity index (χ2n) is 6.90. The van der Waals surface area contributed by atoms with Crippen LogP contribution in [-0.4, -0.2) is 46.8 Å². The lowest BCUT2D eigenvalue weighted by atomic mass is 10.1. The van der Waals surface area contributed by atoms with Gasteiger partial charge in [0.1, 0.15) is 11.4 Å². The first kappa shape index (κ1) is 16.2. The number of nitrogens with one attached hydrogen (secondary N) is 2. The predicted octanol–water partition coefficient (Wildman–Crippen LogP) is 2.58. The molecule has 2 aromatic heterocycles. The number of aromatic amines is 1. The van der Waals surface area contributed by atoms with E-state index >= 15 is 0 Å². The van der Waals surface area contributed by atoms with Crippen LogP contribution in [0.25, 0.3) is 17.1 Å². The maximum Gasteiger partial charge on any atom is 0.231 e. The monoisotopic (exact) mass is 360 g/mol. The Morgan fingerprint density at radius 2 is 2.07 bits per heavy atom. The van der Waals surface area contributed by atoms with E-state index < -0.39 is 0 Å². The summed E-state index contributed by atoms with van der Waals surface area (Å²) in [7, 11) is 0. The van der Waals surface area contributed by atoms with Crippen LogP contribution >= 0.6 is 0 Å². The van der Waals surface area contributed by atoms with Crippen molar-refractivity contribution in [3.8, 4) is 5.75 Å². The number of rotatable bonds is 3. The van der Waals surface area contributed by atoms with Gasteiger partial charge in [-0.15, -0.1) is 0 Å². The van der Waals surface area contributed by atoms with Crippen LogP contribution in [0.1, 0.15) is 21.5 Å². The van der Waals surface area contributed by atoms with Gasteiger partial charge in [0.15, 0.2) is 5.76 Å². The second-order valence-corrected chi connectivity index (χ2v) is 6.90. The number of aromatic nitrogens is 2. The smallest absolute Gasteiger partial charge is 0.231 e. The van der Waals surface area contributed by atoms with E-state index in [0.29, 0.717) is 17.1 Å². The third-order valence-electron chi connectivity index (χ3n) is 5.15. The van der Waals surface area contributed by atoms with E-state index in [9.17, 15) is 4.79 Å². The van der Waals surface area contributed by atoms with Crippen molar-refractivity contribution < 1.29 is 9.53 Å². The SMILES string of the molecule is O=C1/C(=C/c2c[nH]c3ncccc23)Oc2c(CN3CCNCC3)cccc21. The number of hydrogen-bond acceptors (Lipinski definition) is 5. The van der Waals surface area contributed by atoms with E-state index in [1.54, 1.807) is 12.3 Å². The second kappa shape index (κ2) is 6.64. The van der Waals surface area contributed by atoms with Crippen molar-refractivity contribution in [3.63, 3.8) is 0 Å². The minimum Gasteiger partial charge on any atom is -0.452 e. The summed E-state index contributed by atoms with van der Waals surface area (Å²) in [6.07, 6.45) is 5.40. The fourth-order valence-electron chi connectivity index (χ4n) is 3.74. The Morgan fingerprint density at radius 1 is 1.19 bits per heavy atom. The van der Waals surface area contributed by atoms with Gasteiger partial charge in [-0.1, -0.05) is 12.1 Å². The van der Waals surface area contributed by atoms with E-state index in [-0.39, 0.29) is 5.78 Å². The van der Waals surface area contributed by atoms with Crippen LogP contribution in [0.2, 0.25) is 0 Å². The van der Waals surface area contributed by atoms with Crippen molar-refractivity contribution in [3.05, 3.63) is 65.2 Å². The van der Waals surface area contributed by atoms with Gasteiger partial charge in [-0.05, 0) is 24.3 Å². The molecule has 1 fully saturated rings. The Bertz CT molecular complexity index is 1050. The van der Waals surface area contributed by atoms with Crippen LogP contribution < -0.4 is 10.1 Å². The maximum atomic E-state index is 12.9. The van der Waals surface area contributed by atoms with Crippen molar-refractivity contribution in [1.29, 1.82) is 0 Å². The van der Waals surface area contributed by atoms with Crippen LogP contribution in [0.15, 0.2) is 48.5 Å². The molecule has 0 saturated carbocycles. The molecular formula is C21H20N4O2. The number of piperazine rings is 1. The summed E-state index contributed by atoms with van der Waals surface area (Å²) in [6, 6.07) is 9.70. The van der Waals surface area contributed by atoms with Crippen LogP contribution in [0, 0.1) is 0 Å². The van der Waals surface area contributed by atoms with Crippen molar-refractivity contribution >= 4 is 22.9 Å². The molecule has 0 bridgehead atoms. The highest BCUT2D eigenvalue weighted by Crippen LogP contribution is 2.36. The number of Topliss-reactive ketones (excluding diaryl/α,β-unsaturated/α-hetero) is 1. The summed E-state index contributed by atoms with van der Waals surface area (Å²) in [5, 5.41) is 4.33. The fraction of sp³-hybridized carbons (Fsp3) is 0.238. The lowest BCUT2D eigenvalue weighted by Gasteiger charge is -2.27. The van der Waals surface area contributed by atoms with Crippen molar-refractivity contribution in [2.75, 3.05) is 26.2 Å². The van der Waals surface area contributed by atoms with Gasteiger partial charge in [-0.2, -0.15) is 0 Å². The Kier molecular flexibility index (Phi) is 3.99. The molecule has 2 aliphatic heterocycles. The number of pyridine rings is 1. The van der Waals surface area contributed by atoms with E-state index in [4.69, 9.17) is 4.74 Å². The zero-order valence-electron chi connectivity index (χ0n) is 14.9. The van der Waals surface area contributed by atoms with Gasteiger partial charge in [-0.25, -0.2) is 4.98 Å². The Morgan fingerprint density at radius 3 is 2.96 bits per heavy atom. The highest BCUT2D eigenvalue weighted by Gasteiger charge is 2.30. The average Bonchev–Trinajstić information content (AvgIpc) is 3.26. The van der Waals surface area contributed by atoms with Crippen LogP contribution in [0.5, 0.6) is 5.75 Å². The summed E-state index contributed by atoms with van der Waals surface area (Å²) >= 11 is 0. The first-order valence-electron chi connectivity index (χ1n) is 9.21. The van der Waals surface area contributed by atoms with Gasteiger partial charge in [0.05, 0.1) is 5.56 Å². The summed E-state index contributed by atoms with van der Waals surface area (Å²) < 4.78 is 6.05. The Hall–Kier alpha value is -2.96. The normalized spacial score (nSPS) is 18.8. The molecule has 2 aliphatic rings. The number of fused-ring (bicyclic) bond motifs is 2. The Labute approximate surface area is 156 Å². The highest BCUT2D eigenvalue weighted by molar-refractivity contribution is 6.15. The largest absolute Gasteiger partial charge is 0.452 e. The maximum absolute atomic E-state index is 12.9. The molecule has 1 saturated heterocycles. The fourth-order valence-corrected chi connectivity index (χ4v) is 3.74. The highest BCUT2D eigenvalue weighted by atomic mass is 16.5. The summed E-state index contributed by atoms with van der Waals surface area (Å²) in [6.45, 7) is 4.79. The number of hydrogen-bond donors (Lipinski definition) is 2. The zero-order valence-corrected chi connectivity index (χ0v) is 14.9. The molecule has 6 nitrogen and oxygen atoms in total. The predicted molar refractivity (Wildman–Crippen MR) is 104 cm³/mol. The molecule has 5 rings (SSSR count). The summed E-state index contributed by atoms with van der Waals surface area (Å²) in [5.74, 6) is 0.998. The average molecular weight is 360 g/mol. The number of allylic oxidation sites excluding steroid dienone is 1. The van der Waals surface area contributed by atoms with Crippen molar-refractivity contribution in [2.24, 2.45) is 0 Å². The number of para-hydroxylation sites is 1. The van der Waals surface area contributed by atoms with Gasteiger partial charge in [0, 0.05) is 61.6 Å². The standard InChI is InChI=1S/C21H20N4O2/c26-19-17-4-1-3-14(13-25-9-7-22-8-10-25)20(17)27-18(19)11-15-12-24-21-16(15)5-2-6-23-21/h1-6,11-12,22H,7-10,13H2,(H,23,24)/b18-11-. The van der Waals surface area contributed by atoms with Gasteiger partial charge < -0.3 is 15.0 Å². The molecule has 2 N–H and O–H groups in total. The quantitative estimate of drug-likeness (QED) is 0.703. The van der Waals surface area contributed by atoms with Gasteiger partial charge in [0.2, 0.25) is 5.78 Å². The van der Waals surface area contributed by atoms with E-state index in [0.717, 1.165) is 54.9 Å². The molecule has 136 valence electrons. The molecule has 0 radical (unpaired) electrons. The molecule has 3 aromatic rings. The minimum absolute atomic E-state index is 0.0644. The van der Waals surface area contributed by atoms with E-state index in [1.807, 2.05) is 36.5 Å². The molecule has 1 aromatic carbocycles. The first-order valence-corrected chi connectivity index (χ1v) is 9.21. The van der Waals surface area contributed by atoms with E-state index in [1.165, 1.54) is 0 Å². The van der Waals surface area contributed by atoms with Gasteiger partial charge in [0.25, 0.3) is 0 Å². The minimum atomic E-state index is -0.0644. The number of benzene rings is 1. The van der Waals surface area contributed by atoms with Crippen LogP contribution in [-0.2, 0) is 6.54 Å². The number of ether oxygens (including phenoxy) is 1. The number of carbonyl (C=O) groups excluding carboxylic acids is 1. The Balaban J connectivity index is 1.47. The molecule has 6 heteroatoms. The number of carbonyl (C=O) groups is 1. The van der Waals surface area contributed by atoms with Gasteiger partial charge >= 0.3 is 0 Å². The first-order chi connectivity index (χ1) is 13.3. The molecule has 0 spiro atoms. The zero-order chi connectivity index (χ0) is 18.2. The molecule has 0 unspecified atom stereocenters. The van der Waals surface area contributed by atoms with Crippen molar-refractivity contribution in [1.82, 2.24) is 20.2 Å². The molecule has 0 amide bonds. The number of nitrogens with zero attached hydrogens (tertiary/aromatic N) is 2. The molecule has 27 heavy (non-hydrogen) atoms. The summed E-state index contributed by atoms with van der Waals surface area (Å²) in [4.78, 5) is 22.7. The molecule has 0 atom stereocenters. The molecule has 0 aliphatic carbocycles. The van der Waals surface area contributed by atoms with Gasteiger partial charge in [-0.3, -0.25) is 9.69 Å². The summed E-state index contributed by atoms with van der Waals surface area (Å²) in [5.41, 5.74) is 3.41. The third-order valence-corrected chi connectivity index (χ3v) is 5.15. The number of ketones is 1. The topological polar surface area (TPSA) is 70.2 Å².